The van der Waals surface area contributed by atoms with Gasteiger partial charge in [-0.2, -0.15) is 0 Å². The summed E-state index contributed by atoms with van der Waals surface area (Å²) in [4.78, 5) is 7.65. The molecule has 0 radical (unpaired) electrons. The van der Waals surface area contributed by atoms with Crippen LogP contribution in [-0.4, -0.2) is 51.1 Å². The van der Waals surface area contributed by atoms with Gasteiger partial charge in [0, 0.05) is 0 Å². The molecular formula is C14H28O3Sn. The van der Waals surface area contributed by atoms with Crippen LogP contribution in [0.5, 0.6) is 0 Å². The molecule has 0 amide bonds. The number of hydrogen-bond acceptors (Lipinski definition) is 3. The van der Waals surface area contributed by atoms with Gasteiger partial charge in [-0.25, -0.2) is 0 Å². The zero-order chi connectivity index (χ0) is 13.2. The predicted molar refractivity (Wildman–Crippen MR) is 75.5 cm³/mol. The molecule has 0 aromatic heterocycles. The van der Waals surface area contributed by atoms with Crippen molar-refractivity contribution in [2.24, 2.45) is 5.92 Å². The minimum absolute atomic E-state index is 0.0438. The molecule has 18 heavy (non-hydrogen) atoms. The maximum atomic E-state index is 6.12. The van der Waals surface area contributed by atoms with Crippen molar-refractivity contribution in [3.8, 4) is 0 Å². The number of ether oxygens (including phenoxy) is 3. The Hall–Kier alpha value is 0.679. The Kier molecular flexibility index (Phi) is 5.38. The van der Waals surface area contributed by atoms with Crippen molar-refractivity contribution < 1.29 is 14.2 Å². The van der Waals surface area contributed by atoms with Crippen molar-refractivity contribution in [1.82, 2.24) is 0 Å². The molecule has 1 saturated carbocycles. The van der Waals surface area contributed by atoms with E-state index in [0.717, 1.165) is 17.0 Å². The zero-order valence-corrected chi connectivity index (χ0v) is 15.1. The van der Waals surface area contributed by atoms with Crippen LogP contribution in [0.1, 0.15) is 25.7 Å². The first-order chi connectivity index (χ1) is 8.52. The molecule has 4 atom stereocenters. The molecule has 1 heterocycles. The molecule has 2 aliphatic rings. The Morgan fingerprint density at radius 3 is 2.61 bits per heavy atom. The average molecular weight is 363 g/mol. The van der Waals surface area contributed by atoms with Gasteiger partial charge in [0.25, 0.3) is 0 Å². The molecule has 1 aliphatic heterocycles. The molecule has 0 bridgehead atoms. The van der Waals surface area contributed by atoms with E-state index in [9.17, 15) is 0 Å². The van der Waals surface area contributed by atoms with Gasteiger partial charge in [0.1, 0.15) is 0 Å². The number of rotatable bonds is 4. The van der Waals surface area contributed by atoms with E-state index in [0.29, 0.717) is 12.5 Å². The van der Waals surface area contributed by atoms with Crippen LogP contribution in [0.2, 0.25) is 18.8 Å². The summed E-state index contributed by atoms with van der Waals surface area (Å²) in [6.07, 6.45) is 5.32. The van der Waals surface area contributed by atoms with Gasteiger partial charge in [0.15, 0.2) is 0 Å². The molecule has 2 rings (SSSR count). The van der Waals surface area contributed by atoms with Gasteiger partial charge in [-0.1, -0.05) is 0 Å². The predicted octanol–water partition coefficient (Wildman–Crippen LogP) is 3.27. The molecule has 1 saturated heterocycles. The maximum absolute atomic E-state index is 6.12. The van der Waals surface area contributed by atoms with E-state index < -0.39 is 18.4 Å². The fourth-order valence-electron chi connectivity index (χ4n) is 3.54. The van der Waals surface area contributed by atoms with Gasteiger partial charge >= 0.3 is 116 Å². The first-order valence-electron chi connectivity index (χ1n) is 7.28. The number of methoxy groups -OCH3 is 1. The third-order valence-electron chi connectivity index (χ3n) is 4.43. The van der Waals surface area contributed by atoms with E-state index in [1.165, 1.54) is 19.3 Å². The Labute approximate surface area is 115 Å². The van der Waals surface area contributed by atoms with Gasteiger partial charge in [0.05, 0.1) is 0 Å². The van der Waals surface area contributed by atoms with Gasteiger partial charge < -0.3 is 0 Å². The quantitative estimate of drug-likeness (QED) is 0.718. The monoisotopic (exact) mass is 364 g/mol. The van der Waals surface area contributed by atoms with E-state index in [-0.39, 0.29) is 12.4 Å². The van der Waals surface area contributed by atoms with Crippen LogP contribution in [0.15, 0.2) is 0 Å². The molecule has 3 nitrogen and oxygen atoms in total. The SMILES string of the molecule is COCC1CCOC(C2CCC[CH]2[Sn]([CH3])([CH3])[CH3])O1. The van der Waals surface area contributed by atoms with Crippen molar-refractivity contribution in [2.45, 2.75) is 56.8 Å². The summed E-state index contributed by atoms with van der Waals surface area (Å²) in [5, 5.41) is 0. The van der Waals surface area contributed by atoms with Crippen molar-refractivity contribution in [3.05, 3.63) is 0 Å². The second kappa shape index (κ2) is 6.42. The van der Waals surface area contributed by atoms with E-state index in [1.54, 1.807) is 7.11 Å². The normalized spacial score (nSPS) is 38.0. The van der Waals surface area contributed by atoms with Crippen LogP contribution >= 0.6 is 0 Å². The first kappa shape index (κ1) is 15.1. The standard InChI is InChI=1S/C11H19O3.3CH3.Sn/c1-12-8-10-6-7-13-11(14-10)9-4-2-3-5-9;;;;/h4,9-11H,2-3,5-8H2,1H3;3*1H3;. The Morgan fingerprint density at radius 2 is 1.94 bits per heavy atom. The fourth-order valence-corrected chi connectivity index (χ4v) is 11.2. The second-order valence-electron chi connectivity index (χ2n) is 6.81. The van der Waals surface area contributed by atoms with Gasteiger partial charge in [-0.15, -0.1) is 0 Å². The molecule has 106 valence electrons. The van der Waals surface area contributed by atoms with Gasteiger partial charge in [0.2, 0.25) is 0 Å². The van der Waals surface area contributed by atoms with E-state index in [4.69, 9.17) is 14.2 Å². The van der Waals surface area contributed by atoms with Crippen LogP contribution in [0, 0.1) is 5.92 Å². The summed E-state index contributed by atoms with van der Waals surface area (Å²) in [7, 11) is 1.75. The molecule has 2 fully saturated rings. The summed E-state index contributed by atoms with van der Waals surface area (Å²) >= 11 is -1.85. The van der Waals surface area contributed by atoms with Crippen LogP contribution in [-0.2, 0) is 14.2 Å². The topological polar surface area (TPSA) is 27.7 Å². The summed E-state index contributed by atoms with van der Waals surface area (Å²) in [6, 6.07) is 0. The Morgan fingerprint density at radius 1 is 1.17 bits per heavy atom. The third kappa shape index (κ3) is 3.61. The molecular weight excluding hydrogens is 335 g/mol. The van der Waals surface area contributed by atoms with Crippen molar-refractivity contribution in [2.75, 3.05) is 20.3 Å². The first-order valence-corrected chi connectivity index (χ1v) is 17.5. The van der Waals surface area contributed by atoms with E-state index in [1.807, 2.05) is 0 Å². The summed E-state index contributed by atoms with van der Waals surface area (Å²) in [5.74, 6) is 0.653. The summed E-state index contributed by atoms with van der Waals surface area (Å²) in [6.45, 7) is 1.54. The summed E-state index contributed by atoms with van der Waals surface area (Å²) in [5.41, 5.74) is 0. The van der Waals surface area contributed by atoms with Crippen LogP contribution in [0.25, 0.3) is 0 Å². The Balaban J connectivity index is 1.97. The molecule has 1 aliphatic carbocycles. The minimum atomic E-state index is -1.85. The molecule has 0 aromatic carbocycles. The molecule has 0 N–H and O–H groups in total. The summed E-state index contributed by atoms with van der Waals surface area (Å²) < 4.78 is 18.2. The molecule has 0 aromatic rings. The third-order valence-corrected chi connectivity index (χ3v) is 12.8. The second-order valence-corrected chi connectivity index (χ2v) is 22.4. The zero-order valence-electron chi connectivity index (χ0n) is 12.3. The van der Waals surface area contributed by atoms with E-state index in [2.05, 4.69) is 14.8 Å². The van der Waals surface area contributed by atoms with Crippen LogP contribution in [0.4, 0.5) is 0 Å². The van der Waals surface area contributed by atoms with Crippen molar-refractivity contribution >= 4 is 18.4 Å². The fraction of sp³-hybridized carbons (Fsp3) is 1.00. The van der Waals surface area contributed by atoms with Gasteiger partial charge in [-0.3, -0.25) is 0 Å². The van der Waals surface area contributed by atoms with Crippen molar-refractivity contribution in [3.63, 3.8) is 0 Å². The molecule has 4 unspecified atom stereocenters. The van der Waals surface area contributed by atoms with Crippen LogP contribution in [0.3, 0.4) is 0 Å². The van der Waals surface area contributed by atoms with Crippen LogP contribution < -0.4 is 0 Å². The molecule has 0 spiro atoms. The van der Waals surface area contributed by atoms with E-state index >= 15 is 0 Å². The molecule has 4 heteroatoms. The van der Waals surface area contributed by atoms with Gasteiger partial charge in [-0.05, 0) is 0 Å². The Bertz CT molecular complexity index is 262. The van der Waals surface area contributed by atoms with Crippen molar-refractivity contribution in [1.29, 1.82) is 0 Å². The number of hydrogen-bond donors (Lipinski definition) is 0. The average Bonchev–Trinajstić information content (AvgIpc) is 2.78.